The Morgan fingerprint density at radius 3 is 2.33 bits per heavy atom. The van der Waals surface area contributed by atoms with Crippen LogP contribution in [0.1, 0.15) is 24.0 Å². The third-order valence-electron chi connectivity index (χ3n) is 6.81. The highest BCUT2D eigenvalue weighted by molar-refractivity contribution is 6.10. The second-order valence-corrected chi connectivity index (χ2v) is 9.14. The van der Waals surface area contributed by atoms with E-state index < -0.39 is 6.10 Å². The molecule has 0 amide bonds. The first-order valence-corrected chi connectivity index (χ1v) is 12.2. The molecule has 2 aromatic heterocycles. The molecular weight excluding hydrogens is 458 g/mol. The smallest absolute Gasteiger partial charge is 0.344 e. The van der Waals surface area contributed by atoms with Gasteiger partial charge in [0.25, 0.3) is 0 Å². The summed E-state index contributed by atoms with van der Waals surface area (Å²) in [5.74, 6) is 0.603. The summed E-state index contributed by atoms with van der Waals surface area (Å²) in [5, 5.41) is 16.9. The Kier molecular flexibility index (Phi) is 5.70. The summed E-state index contributed by atoms with van der Waals surface area (Å²) in [6.45, 7) is 0.283. The third-order valence-corrected chi connectivity index (χ3v) is 6.81. The minimum absolute atomic E-state index is 0.0562. The molecule has 6 rings (SSSR count). The number of aryl methyl sites for hydroxylation is 1. The zero-order valence-corrected chi connectivity index (χ0v) is 19.6. The maximum Gasteiger partial charge on any atom is 0.344 e. The van der Waals surface area contributed by atoms with Crippen molar-refractivity contribution in [3.05, 3.63) is 92.6 Å². The highest BCUT2D eigenvalue weighted by Crippen LogP contribution is 2.34. The van der Waals surface area contributed by atoms with Crippen LogP contribution in [-0.2, 0) is 12.8 Å². The lowest BCUT2D eigenvalue weighted by atomic mass is 9.90. The first-order valence-electron chi connectivity index (χ1n) is 12.2. The molecule has 0 radical (unpaired) electrons. The monoisotopic (exact) mass is 483 g/mol. The number of hydrogen-bond acceptors (Lipinski definition) is 7. The number of aliphatic hydroxyl groups excluding tert-OH is 1. The average molecular weight is 484 g/mol. The molecule has 7 nitrogen and oxygen atoms in total. The lowest BCUT2D eigenvalue weighted by Gasteiger charge is -2.19. The van der Waals surface area contributed by atoms with Crippen LogP contribution in [0.25, 0.3) is 32.7 Å². The van der Waals surface area contributed by atoms with Crippen LogP contribution in [0.4, 0.5) is 5.69 Å². The molecule has 2 heterocycles. The molecule has 1 aliphatic rings. The summed E-state index contributed by atoms with van der Waals surface area (Å²) in [5.41, 5.74) is 2.84. The Bertz CT molecular complexity index is 1720. The molecule has 0 bridgehead atoms. The summed E-state index contributed by atoms with van der Waals surface area (Å²) in [6, 6.07) is 18.2. The maximum absolute atomic E-state index is 12.4. The van der Waals surface area contributed by atoms with Gasteiger partial charge in [-0.3, -0.25) is 0 Å². The van der Waals surface area contributed by atoms with E-state index in [2.05, 4.69) is 5.32 Å². The van der Waals surface area contributed by atoms with Crippen LogP contribution in [-0.4, -0.2) is 24.4 Å². The van der Waals surface area contributed by atoms with Crippen molar-refractivity contribution in [2.24, 2.45) is 0 Å². The van der Waals surface area contributed by atoms with Crippen molar-refractivity contribution in [3.63, 3.8) is 0 Å². The standard InChI is InChI=1S/C29H25NO6/c31-17(15-30-22-11-5-13-24-26(22)18-7-1-3-9-20(18)28(32)35-24)16-34-23-12-6-14-25-27(23)19-8-2-4-10-21(19)29(33)36-25/h1,3,5-7,9,11-14,17,30-31H,2,4,8,10,15-16H2. The summed E-state index contributed by atoms with van der Waals surface area (Å²) in [6.07, 6.45) is 2.71. The van der Waals surface area contributed by atoms with E-state index in [-0.39, 0.29) is 24.4 Å². The van der Waals surface area contributed by atoms with E-state index >= 15 is 0 Å². The first-order chi connectivity index (χ1) is 17.6. The second-order valence-electron chi connectivity index (χ2n) is 9.14. The summed E-state index contributed by atoms with van der Waals surface area (Å²) in [4.78, 5) is 24.7. The fourth-order valence-corrected chi connectivity index (χ4v) is 5.13. The number of hydrogen-bond donors (Lipinski definition) is 2. The molecule has 5 aromatic rings. The van der Waals surface area contributed by atoms with E-state index in [9.17, 15) is 14.7 Å². The second kappa shape index (κ2) is 9.17. The molecule has 7 heteroatoms. The fourth-order valence-electron chi connectivity index (χ4n) is 5.13. The zero-order chi connectivity index (χ0) is 24.6. The van der Waals surface area contributed by atoms with Crippen LogP contribution in [0.15, 0.2) is 79.1 Å². The molecule has 1 unspecified atom stereocenters. The Balaban J connectivity index is 1.24. The number of aliphatic hydroxyl groups is 1. The van der Waals surface area contributed by atoms with Gasteiger partial charge in [-0.15, -0.1) is 0 Å². The topological polar surface area (TPSA) is 102 Å². The van der Waals surface area contributed by atoms with Crippen LogP contribution in [0, 0.1) is 0 Å². The van der Waals surface area contributed by atoms with Gasteiger partial charge in [0.15, 0.2) is 0 Å². The van der Waals surface area contributed by atoms with E-state index in [4.69, 9.17) is 13.6 Å². The minimum Gasteiger partial charge on any atom is -0.490 e. The fraction of sp³-hybridized carbons (Fsp3) is 0.241. The van der Waals surface area contributed by atoms with Gasteiger partial charge in [-0.2, -0.15) is 0 Å². The number of anilines is 1. The van der Waals surface area contributed by atoms with Crippen molar-refractivity contribution < 1.29 is 18.7 Å². The quantitative estimate of drug-likeness (QED) is 0.265. The molecule has 1 atom stereocenters. The predicted octanol–water partition coefficient (Wildman–Crippen LogP) is 4.78. The minimum atomic E-state index is -0.816. The molecule has 0 saturated heterocycles. The summed E-state index contributed by atoms with van der Waals surface area (Å²) in [7, 11) is 0. The Morgan fingerprint density at radius 2 is 1.50 bits per heavy atom. The summed E-state index contributed by atoms with van der Waals surface area (Å²) < 4.78 is 17.1. The normalized spacial score (nSPS) is 14.1. The van der Waals surface area contributed by atoms with Gasteiger partial charge in [0.05, 0.1) is 10.8 Å². The van der Waals surface area contributed by atoms with Crippen LogP contribution in [0.3, 0.4) is 0 Å². The molecule has 2 N–H and O–H groups in total. The highest BCUT2D eigenvalue weighted by atomic mass is 16.5. The molecule has 0 fully saturated rings. The molecule has 36 heavy (non-hydrogen) atoms. The van der Waals surface area contributed by atoms with Crippen LogP contribution < -0.4 is 21.3 Å². The van der Waals surface area contributed by atoms with Crippen molar-refractivity contribution in [2.45, 2.75) is 31.8 Å². The van der Waals surface area contributed by atoms with E-state index in [0.29, 0.717) is 28.7 Å². The average Bonchev–Trinajstić information content (AvgIpc) is 2.90. The number of fused-ring (bicyclic) bond motifs is 6. The zero-order valence-electron chi connectivity index (χ0n) is 19.6. The van der Waals surface area contributed by atoms with Gasteiger partial charge >= 0.3 is 11.3 Å². The van der Waals surface area contributed by atoms with Crippen LogP contribution in [0.5, 0.6) is 5.75 Å². The van der Waals surface area contributed by atoms with Gasteiger partial charge in [0.2, 0.25) is 0 Å². The Morgan fingerprint density at radius 1 is 0.806 bits per heavy atom. The SMILES string of the molecule is O=c1oc2cccc(OCC(O)CNc3cccc4oc(=O)c5ccccc5c34)c2c2c1CCCC2. The van der Waals surface area contributed by atoms with Gasteiger partial charge < -0.3 is 24.0 Å². The van der Waals surface area contributed by atoms with Crippen molar-refractivity contribution in [1.82, 2.24) is 0 Å². The Labute approximate surface area is 205 Å². The van der Waals surface area contributed by atoms with E-state index in [0.717, 1.165) is 52.2 Å². The van der Waals surface area contributed by atoms with E-state index in [1.807, 2.05) is 24.3 Å². The van der Waals surface area contributed by atoms with Crippen LogP contribution >= 0.6 is 0 Å². The largest absolute Gasteiger partial charge is 0.490 e. The van der Waals surface area contributed by atoms with Gasteiger partial charge in [0.1, 0.15) is 29.6 Å². The number of ether oxygens (including phenoxy) is 1. The maximum atomic E-state index is 12.4. The van der Waals surface area contributed by atoms with Gasteiger partial charge in [0, 0.05) is 28.6 Å². The van der Waals surface area contributed by atoms with Gasteiger partial charge in [-0.1, -0.05) is 30.3 Å². The van der Waals surface area contributed by atoms with E-state index in [1.165, 1.54) is 0 Å². The van der Waals surface area contributed by atoms with Gasteiger partial charge in [-0.05, 0) is 61.6 Å². The molecule has 0 aliphatic heterocycles. The van der Waals surface area contributed by atoms with Crippen molar-refractivity contribution in [2.75, 3.05) is 18.5 Å². The molecule has 1 aliphatic carbocycles. The molecule has 0 spiro atoms. The van der Waals surface area contributed by atoms with Crippen LogP contribution in [0.2, 0.25) is 0 Å². The first kappa shape index (κ1) is 22.4. The van der Waals surface area contributed by atoms with E-state index in [1.54, 1.807) is 36.4 Å². The lowest BCUT2D eigenvalue weighted by Crippen LogP contribution is -2.26. The number of rotatable bonds is 6. The number of benzene rings is 3. The van der Waals surface area contributed by atoms with Gasteiger partial charge in [-0.25, -0.2) is 9.59 Å². The predicted molar refractivity (Wildman–Crippen MR) is 139 cm³/mol. The van der Waals surface area contributed by atoms with Crippen molar-refractivity contribution in [1.29, 1.82) is 0 Å². The Hall–Kier alpha value is -4.10. The summed E-state index contributed by atoms with van der Waals surface area (Å²) >= 11 is 0. The molecule has 0 saturated carbocycles. The number of nitrogens with one attached hydrogen (secondary N) is 1. The van der Waals surface area contributed by atoms with Crippen molar-refractivity contribution in [3.8, 4) is 5.75 Å². The molecule has 182 valence electrons. The molecular formula is C29H25NO6. The highest BCUT2D eigenvalue weighted by Gasteiger charge is 2.21. The lowest BCUT2D eigenvalue weighted by molar-refractivity contribution is 0.118. The third kappa shape index (κ3) is 3.91. The molecule has 3 aromatic carbocycles. The van der Waals surface area contributed by atoms with Crippen molar-refractivity contribution >= 4 is 38.4 Å².